The highest BCUT2D eigenvalue weighted by Gasteiger charge is 2.51. The number of ether oxygens (including phenoxy) is 1. The highest BCUT2D eigenvalue weighted by Crippen LogP contribution is 2.56. The van der Waals surface area contributed by atoms with Crippen LogP contribution in [-0.4, -0.2) is 47.8 Å². The highest BCUT2D eigenvalue weighted by molar-refractivity contribution is 6.33. The van der Waals surface area contributed by atoms with E-state index in [9.17, 15) is 10.1 Å². The Labute approximate surface area is 176 Å². The second-order valence-electron chi connectivity index (χ2n) is 10.2. The van der Waals surface area contributed by atoms with Crippen LogP contribution in [0.15, 0.2) is 0 Å². The number of likely N-dealkylation sites (tertiary alicyclic amines) is 1. The van der Waals surface area contributed by atoms with Crippen molar-refractivity contribution in [2.24, 2.45) is 5.41 Å². The molecule has 2 saturated heterocycles. The predicted molar refractivity (Wildman–Crippen MR) is 110 cm³/mol. The maximum absolute atomic E-state index is 12.3. The molecule has 0 N–H and O–H groups in total. The van der Waals surface area contributed by atoms with Gasteiger partial charge in [0.2, 0.25) is 0 Å². The molecular weight excluding hydrogens is 388 g/mol. The molecule has 1 spiro atoms. The predicted octanol–water partition coefficient (Wildman–Crippen LogP) is 4.42. The van der Waals surface area contributed by atoms with Gasteiger partial charge in [0.1, 0.15) is 23.1 Å². The molecule has 3 fully saturated rings. The summed E-state index contributed by atoms with van der Waals surface area (Å²) < 4.78 is 5.49. The maximum atomic E-state index is 12.3. The van der Waals surface area contributed by atoms with Gasteiger partial charge in [0.05, 0.1) is 10.7 Å². The molecule has 6 nitrogen and oxygen atoms in total. The number of fused-ring (bicyclic) bond motifs is 5. The summed E-state index contributed by atoms with van der Waals surface area (Å²) in [5.74, 6) is 1.73. The first kappa shape index (κ1) is 19.0. The van der Waals surface area contributed by atoms with Gasteiger partial charge in [-0.05, 0) is 57.9 Å². The summed E-state index contributed by atoms with van der Waals surface area (Å²) >= 11 is 6.72. The molecule has 2 atom stereocenters. The van der Waals surface area contributed by atoms with Crippen molar-refractivity contribution >= 4 is 23.5 Å². The first-order valence-corrected chi connectivity index (χ1v) is 10.9. The van der Waals surface area contributed by atoms with E-state index in [0.717, 1.165) is 49.4 Å². The number of carbonyl (C=O) groups excluding carboxylic acids is 1. The zero-order chi connectivity index (χ0) is 20.6. The Morgan fingerprint density at radius 1 is 1.28 bits per heavy atom. The average molecular weight is 415 g/mol. The molecule has 1 aromatic heterocycles. The fraction of sp³-hybridized carbons (Fsp3) is 0.682. The van der Waals surface area contributed by atoms with Gasteiger partial charge in [-0.3, -0.25) is 0 Å². The van der Waals surface area contributed by atoms with Gasteiger partial charge < -0.3 is 14.5 Å². The van der Waals surface area contributed by atoms with E-state index in [2.05, 4.69) is 11.0 Å². The summed E-state index contributed by atoms with van der Waals surface area (Å²) in [7, 11) is 0. The molecule has 0 radical (unpaired) electrons. The van der Waals surface area contributed by atoms with Crippen LogP contribution in [0.3, 0.4) is 0 Å². The summed E-state index contributed by atoms with van der Waals surface area (Å²) in [5, 5.41) is 10.4. The Kier molecular flexibility index (Phi) is 4.09. The van der Waals surface area contributed by atoms with E-state index in [1.165, 1.54) is 6.42 Å². The van der Waals surface area contributed by atoms with Gasteiger partial charge in [0, 0.05) is 37.5 Å². The van der Waals surface area contributed by atoms with Gasteiger partial charge in [-0.2, -0.15) is 5.26 Å². The number of pyridine rings is 1. The number of halogens is 1. The Hall–Kier alpha value is -2.00. The summed E-state index contributed by atoms with van der Waals surface area (Å²) in [6, 6.07) is 2.33. The molecule has 1 aromatic rings. The van der Waals surface area contributed by atoms with Crippen LogP contribution < -0.4 is 4.90 Å². The summed E-state index contributed by atoms with van der Waals surface area (Å²) in [6.45, 7) is 8.70. The van der Waals surface area contributed by atoms with Crippen LogP contribution in [0.2, 0.25) is 5.02 Å². The molecule has 2 bridgehead atoms. The van der Waals surface area contributed by atoms with Gasteiger partial charge in [-0.25, -0.2) is 9.78 Å². The van der Waals surface area contributed by atoms with Crippen molar-refractivity contribution in [1.29, 1.82) is 5.26 Å². The number of carbonyl (C=O) groups is 1. The second-order valence-corrected chi connectivity index (χ2v) is 10.6. The normalized spacial score (nSPS) is 26.4. The molecule has 3 heterocycles. The molecule has 154 valence electrons. The van der Waals surface area contributed by atoms with Crippen molar-refractivity contribution in [2.45, 2.75) is 63.9 Å². The first-order chi connectivity index (χ1) is 13.7. The number of amides is 1. The van der Waals surface area contributed by atoms with Gasteiger partial charge in [-0.1, -0.05) is 11.6 Å². The molecule has 4 aliphatic rings. The number of nitrogens with zero attached hydrogens (tertiary/aromatic N) is 4. The summed E-state index contributed by atoms with van der Waals surface area (Å²) in [5.41, 5.74) is 2.38. The van der Waals surface area contributed by atoms with Crippen LogP contribution in [0.5, 0.6) is 0 Å². The van der Waals surface area contributed by atoms with Gasteiger partial charge in [-0.15, -0.1) is 0 Å². The number of anilines is 1. The van der Waals surface area contributed by atoms with Crippen LogP contribution in [0, 0.1) is 16.7 Å². The fourth-order valence-corrected chi connectivity index (χ4v) is 6.07. The lowest BCUT2D eigenvalue weighted by molar-refractivity contribution is -0.0266. The summed E-state index contributed by atoms with van der Waals surface area (Å²) in [4.78, 5) is 21.3. The zero-order valence-electron chi connectivity index (χ0n) is 17.3. The van der Waals surface area contributed by atoms with E-state index in [1.54, 1.807) is 4.90 Å². The minimum atomic E-state index is -0.478. The molecule has 2 unspecified atom stereocenters. The number of aromatic nitrogens is 1. The van der Waals surface area contributed by atoms with Crippen LogP contribution in [0.1, 0.15) is 75.1 Å². The van der Waals surface area contributed by atoms with Crippen molar-refractivity contribution in [1.82, 2.24) is 9.88 Å². The van der Waals surface area contributed by atoms with Crippen molar-refractivity contribution in [3.63, 3.8) is 0 Å². The topological polar surface area (TPSA) is 69.5 Å². The van der Waals surface area contributed by atoms with Crippen LogP contribution >= 0.6 is 11.6 Å². The smallest absolute Gasteiger partial charge is 0.410 e. The van der Waals surface area contributed by atoms with Crippen molar-refractivity contribution < 1.29 is 9.53 Å². The molecule has 7 heteroatoms. The van der Waals surface area contributed by atoms with E-state index in [0.29, 0.717) is 35.5 Å². The maximum Gasteiger partial charge on any atom is 0.410 e. The van der Waals surface area contributed by atoms with E-state index in [4.69, 9.17) is 21.3 Å². The lowest BCUT2D eigenvalue weighted by Crippen LogP contribution is -2.60. The Balaban J connectivity index is 1.35. The van der Waals surface area contributed by atoms with E-state index in [1.807, 2.05) is 20.8 Å². The molecule has 29 heavy (non-hydrogen) atoms. The minimum absolute atomic E-state index is 0.0653. The standard InChI is InChI=1S/C22H27ClN4O2/c1-21(2,3)29-20(28)27-11-22(12-27)6-7-26(10-22)19-15(9-24)17(23)16-13-4-5-14(8-13)18(16)25-19/h13-14H,4-8,10-12H2,1-3H3. The molecule has 5 rings (SSSR count). The third-order valence-corrected chi connectivity index (χ3v) is 7.36. The van der Waals surface area contributed by atoms with Crippen LogP contribution in [-0.2, 0) is 4.74 Å². The van der Waals surface area contributed by atoms with E-state index in [-0.39, 0.29) is 11.5 Å². The monoisotopic (exact) mass is 414 g/mol. The first-order valence-electron chi connectivity index (χ1n) is 10.6. The fourth-order valence-electron chi connectivity index (χ4n) is 5.69. The Bertz CT molecular complexity index is 926. The van der Waals surface area contributed by atoms with Gasteiger partial charge >= 0.3 is 6.09 Å². The quantitative estimate of drug-likeness (QED) is 0.680. The Morgan fingerprint density at radius 3 is 2.69 bits per heavy atom. The van der Waals surface area contributed by atoms with Crippen molar-refractivity contribution in [2.75, 3.05) is 31.1 Å². The van der Waals surface area contributed by atoms with Crippen molar-refractivity contribution in [3.8, 4) is 6.07 Å². The third-order valence-electron chi connectivity index (χ3n) is 6.96. The SMILES string of the molecule is CC(C)(C)OC(=O)N1CC2(CCN(c3nc4c(c(Cl)c3C#N)C3CCC4C3)C2)C1. The lowest BCUT2D eigenvalue weighted by atomic mass is 9.79. The van der Waals surface area contributed by atoms with Crippen LogP contribution in [0.25, 0.3) is 0 Å². The zero-order valence-corrected chi connectivity index (χ0v) is 18.1. The van der Waals surface area contributed by atoms with E-state index >= 15 is 0 Å². The number of rotatable bonds is 1. The van der Waals surface area contributed by atoms with Gasteiger partial charge in [0.15, 0.2) is 0 Å². The molecule has 2 aliphatic heterocycles. The molecule has 0 aromatic carbocycles. The number of hydrogen-bond acceptors (Lipinski definition) is 5. The lowest BCUT2D eigenvalue weighted by Gasteiger charge is -2.47. The molecule has 2 aliphatic carbocycles. The average Bonchev–Trinajstić information content (AvgIpc) is 3.33. The van der Waals surface area contributed by atoms with Crippen molar-refractivity contribution in [3.05, 3.63) is 21.8 Å². The van der Waals surface area contributed by atoms with E-state index < -0.39 is 5.60 Å². The summed E-state index contributed by atoms with van der Waals surface area (Å²) in [6.07, 6.45) is 4.22. The molecular formula is C22H27ClN4O2. The molecule has 1 amide bonds. The second kappa shape index (κ2) is 6.25. The third kappa shape index (κ3) is 2.97. The Morgan fingerprint density at radius 2 is 2.00 bits per heavy atom. The van der Waals surface area contributed by atoms with Gasteiger partial charge in [0.25, 0.3) is 0 Å². The largest absolute Gasteiger partial charge is 0.444 e. The molecule has 1 saturated carbocycles. The number of hydrogen-bond donors (Lipinski definition) is 0. The van der Waals surface area contributed by atoms with Crippen LogP contribution in [0.4, 0.5) is 10.6 Å². The highest BCUT2D eigenvalue weighted by atomic mass is 35.5. The number of nitriles is 1. The minimum Gasteiger partial charge on any atom is -0.444 e.